The van der Waals surface area contributed by atoms with Crippen LogP contribution in [0.3, 0.4) is 0 Å². The van der Waals surface area contributed by atoms with Crippen molar-refractivity contribution in [2.24, 2.45) is 0 Å². The maximum absolute atomic E-state index is 11.6. The molecule has 0 unspecified atom stereocenters. The van der Waals surface area contributed by atoms with E-state index in [1.54, 1.807) is 24.5 Å². The lowest BCUT2D eigenvalue weighted by molar-refractivity contribution is 0.479. The number of hydrogen-bond donors (Lipinski definition) is 4. The van der Waals surface area contributed by atoms with Gasteiger partial charge in [0.2, 0.25) is 5.95 Å². The Balaban J connectivity index is 1.71. The third-order valence-corrected chi connectivity index (χ3v) is 3.37. The highest BCUT2D eigenvalue weighted by atomic mass is 16.1. The monoisotopic (exact) mass is 286 g/mol. The predicted octanol–water partition coefficient (Wildman–Crippen LogP) is 1.07. The number of pyridine rings is 1. The minimum absolute atomic E-state index is 0.198. The van der Waals surface area contributed by atoms with E-state index in [4.69, 9.17) is 0 Å². The Bertz CT molecular complexity index is 650. The van der Waals surface area contributed by atoms with Gasteiger partial charge in [0.1, 0.15) is 11.5 Å². The van der Waals surface area contributed by atoms with Crippen LogP contribution in [0.5, 0.6) is 0 Å². The average molecular weight is 286 g/mol. The molecule has 110 valence electrons. The molecule has 1 aliphatic heterocycles. The molecule has 2 aromatic rings. The molecule has 0 aliphatic carbocycles. The molecule has 1 aliphatic rings. The van der Waals surface area contributed by atoms with Gasteiger partial charge in [-0.1, -0.05) is 0 Å². The first kappa shape index (κ1) is 13.6. The third-order valence-electron chi connectivity index (χ3n) is 3.37. The molecule has 7 nitrogen and oxygen atoms in total. The Kier molecular flexibility index (Phi) is 4.11. The van der Waals surface area contributed by atoms with Gasteiger partial charge in [0.05, 0.1) is 0 Å². The molecule has 0 spiro atoms. The SMILES string of the molecule is O=c1[nH]cccc1Nc1nccc(N[C@@H]2CCCNC2)n1. The zero-order chi connectivity index (χ0) is 14.5. The highest BCUT2D eigenvalue weighted by Gasteiger charge is 2.13. The summed E-state index contributed by atoms with van der Waals surface area (Å²) in [6.45, 7) is 2.01. The fraction of sp³-hybridized carbons (Fsp3) is 0.357. The van der Waals surface area contributed by atoms with Crippen LogP contribution in [0, 0.1) is 0 Å². The molecular weight excluding hydrogens is 268 g/mol. The second kappa shape index (κ2) is 6.36. The van der Waals surface area contributed by atoms with Crippen LogP contribution in [0.25, 0.3) is 0 Å². The minimum atomic E-state index is -0.198. The summed E-state index contributed by atoms with van der Waals surface area (Å²) < 4.78 is 0. The maximum Gasteiger partial charge on any atom is 0.271 e. The number of rotatable bonds is 4. The number of nitrogens with zero attached hydrogens (tertiary/aromatic N) is 2. The van der Waals surface area contributed by atoms with Crippen molar-refractivity contribution in [2.75, 3.05) is 23.7 Å². The van der Waals surface area contributed by atoms with Gasteiger partial charge in [-0.2, -0.15) is 4.98 Å². The Morgan fingerprint density at radius 2 is 2.29 bits per heavy atom. The van der Waals surface area contributed by atoms with E-state index in [1.807, 2.05) is 6.07 Å². The van der Waals surface area contributed by atoms with Crippen LogP contribution in [-0.4, -0.2) is 34.1 Å². The summed E-state index contributed by atoms with van der Waals surface area (Å²) in [6, 6.07) is 5.64. The number of anilines is 3. The number of aromatic amines is 1. The molecule has 21 heavy (non-hydrogen) atoms. The normalized spacial score (nSPS) is 18.2. The topological polar surface area (TPSA) is 94.7 Å². The largest absolute Gasteiger partial charge is 0.366 e. The molecule has 1 fully saturated rings. The summed E-state index contributed by atoms with van der Waals surface area (Å²) in [4.78, 5) is 22.8. The van der Waals surface area contributed by atoms with E-state index in [-0.39, 0.29) is 5.56 Å². The molecule has 3 rings (SSSR count). The number of aromatic nitrogens is 3. The van der Waals surface area contributed by atoms with Crippen molar-refractivity contribution in [3.8, 4) is 0 Å². The molecule has 4 N–H and O–H groups in total. The Morgan fingerprint density at radius 3 is 3.10 bits per heavy atom. The van der Waals surface area contributed by atoms with Gasteiger partial charge >= 0.3 is 0 Å². The zero-order valence-corrected chi connectivity index (χ0v) is 11.6. The maximum atomic E-state index is 11.6. The van der Waals surface area contributed by atoms with Crippen LogP contribution in [-0.2, 0) is 0 Å². The van der Waals surface area contributed by atoms with Crippen LogP contribution < -0.4 is 21.5 Å². The summed E-state index contributed by atoms with van der Waals surface area (Å²) in [5, 5.41) is 9.66. The summed E-state index contributed by atoms with van der Waals surface area (Å²) in [6.07, 6.45) is 5.54. The van der Waals surface area contributed by atoms with E-state index in [1.165, 1.54) is 0 Å². The number of piperidine rings is 1. The van der Waals surface area contributed by atoms with Crippen molar-refractivity contribution in [2.45, 2.75) is 18.9 Å². The first-order valence-electron chi connectivity index (χ1n) is 7.06. The summed E-state index contributed by atoms with van der Waals surface area (Å²) in [5.41, 5.74) is 0.227. The van der Waals surface area contributed by atoms with Gasteiger partial charge in [0, 0.05) is 25.0 Å². The molecule has 0 bridgehead atoms. The van der Waals surface area contributed by atoms with E-state index >= 15 is 0 Å². The summed E-state index contributed by atoms with van der Waals surface area (Å²) >= 11 is 0. The summed E-state index contributed by atoms with van der Waals surface area (Å²) in [7, 11) is 0. The van der Waals surface area contributed by atoms with E-state index in [9.17, 15) is 4.79 Å². The van der Waals surface area contributed by atoms with E-state index < -0.39 is 0 Å². The average Bonchev–Trinajstić information content (AvgIpc) is 2.51. The first-order chi connectivity index (χ1) is 10.3. The standard InChI is InChI=1S/C14H18N6O/c21-13-11(4-2-7-16-13)19-14-17-8-5-12(20-14)18-10-3-1-6-15-9-10/h2,4-5,7-8,10,15H,1,3,6,9H2,(H,16,21)(H2,17,18,19,20)/t10-/m1/s1. The van der Waals surface area contributed by atoms with Crippen molar-refractivity contribution >= 4 is 17.5 Å². The van der Waals surface area contributed by atoms with E-state index in [0.29, 0.717) is 17.7 Å². The predicted molar refractivity (Wildman–Crippen MR) is 81.9 cm³/mol. The van der Waals surface area contributed by atoms with E-state index in [0.717, 1.165) is 31.7 Å². The molecule has 3 heterocycles. The van der Waals surface area contributed by atoms with Crippen molar-refractivity contribution in [1.82, 2.24) is 20.3 Å². The zero-order valence-electron chi connectivity index (χ0n) is 11.6. The molecule has 2 aromatic heterocycles. The molecule has 0 radical (unpaired) electrons. The van der Waals surface area contributed by atoms with Gasteiger partial charge in [-0.15, -0.1) is 0 Å². The van der Waals surface area contributed by atoms with Gasteiger partial charge in [0.25, 0.3) is 5.56 Å². The Labute approximate surface area is 122 Å². The molecular formula is C14H18N6O. The van der Waals surface area contributed by atoms with E-state index in [2.05, 4.69) is 30.9 Å². The Morgan fingerprint density at radius 1 is 1.33 bits per heavy atom. The second-order valence-corrected chi connectivity index (χ2v) is 4.99. The number of nitrogens with one attached hydrogen (secondary N) is 4. The molecule has 0 saturated carbocycles. The fourth-order valence-electron chi connectivity index (χ4n) is 2.32. The van der Waals surface area contributed by atoms with Crippen LogP contribution in [0.15, 0.2) is 35.4 Å². The molecule has 1 saturated heterocycles. The lowest BCUT2D eigenvalue weighted by Crippen LogP contribution is -2.38. The lowest BCUT2D eigenvalue weighted by Gasteiger charge is -2.24. The Hall–Kier alpha value is -2.41. The summed E-state index contributed by atoms with van der Waals surface area (Å²) in [5.74, 6) is 1.16. The second-order valence-electron chi connectivity index (χ2n) is 4.99. The van der Waals surface area contributed by atoms with Gasteiger partial charge in [-0.25, -0.2) is 4.98 Å². The van der Waals surface area contributed by atoms with Crippen LogP contribution in [0.2, 0.25) is 0 Å². The molecule has 0 amide bonds. The third kappa shape index (κ3) is 3.57. The first-order valence-corrected chi connectivity index (χ1v) is 7.06. The van der Waals surface area contributed by atoms with Gasteiger partial charge in [-0.05, 0) is 37.6 Å². The minimum Gasteiger partial charge on any atom is -0.366 e. The van der Waals surface area contributed by atoms with Gasteiger partial charge in [0.15, 0.2) is 0 Å². The van der Waals surface area contributed by atoms with Gasteiger partial charge in [-0.3, -0.25) is 4.79 Å². The highest BCUT2D eigenvalue weighted by molar-refractivity contribution is 5.53. The van der Waals surface area contributed by atoms with Gasteiger partial charge < -0.3 is 20.9 Å². The number of H-pyrrole nitrogens is 1. The molecule has 1 atom stereocenters. The van der Waals surface area contributed by atoms with Crippen molar-refractivity contribution < 1.29 is 0 Å². The van der Waals surface area contributed by atoms with Crippen molar-refractivity contribution in [3.05, 3.63) is 40.9 Å². The smallest absolute Gasteiger partial charge is 0.271 e. The van der Waals surface area contributed by atoms with Crippen LogP contribution in [0.1, 0.15) is 12.8 Å². The molecule has 7 heteroatoms. The lowest BCUT2D eigenvalue weighted by atomic mass is 10.1. The van der Waals surface area contributed by atoms with Crippen LogP contribution in [0.4, 0.5) is 17.5 Å². The number of hydrogen-bond acceptors (Lipinski definition) is 6. The van der Waals surface area contributed by atoms with Crippen LogP contribution >= 0.6 is 0 Å². The fourth-order valence-corrected chi connectivity index (χ4v) is 2.32. The molecule has 0 aromatic carbocycles. The van der Waals surface area contributed by atoms with Crippen molar-refractivity contribution in [1.29, 1.82) is 0 Å². The van der Waals surface area contributed by atoms with Crippen molar-refractivity contribution in [3.63, 3.8) is 0 Å². The highest BCUT2D eigenvalue weighted by Crippen LogP contribution is 2.13. The quantitative estimate of drug-likeness (QED) is 0.671.